The van der Waals surface area contributed by atoms with Crippen LogP contribution in [-0.4, -0.2) is 16.3 Å². The second kappa shape index (κ2) is 7.11. The maximum atomic E-state index is 6.28. The van der Waals surface area contributed by atoms with Gasteiger partial charge in [0.15, 0.2) is 0 Å². The van der Waals surface area contributed by atoms with Crippen LogP contribution < -0.4 is 5.32 Å². The molecule has 20 heavy (non-hydrogen) atoms. The molecule has 1 heterocycles. The molecule has 0 spiro atoms. The Morgan fingerprint density at radius 3 is 2.65 bits per heavy atom. The highest BCUT2D eigenvalue weighted by molar-refractivity contribution is 14.1. The molecule has 1 aromatic carbocycles. The highest BCUT2D eigenvalue weighted by Gasteiger charge is 2.21. The van der Waals surface area contributed by atoms with Gasteiger partial charge < -0.3 is 5.32 Å². The summed E-state index contributed by atoms with van der Waals surface area (Å²) >= 11 is 14.7. The zero-order valence-electron chi connectivity index (χ0n) is 11.3. The Kier molecular flexibility index (Phi) is 5.72. The Bertz CT molecular complexity index is 579. The smallest absolute Gasteiger partial charge is 0.0837 e. The molecule has 108 valence electrons. The Hall–Kier alpha value is -0.300. The molecule has 1 unspecified atom stereocenters. The van der Waals surface area contributed by atoms with E-state index in [1.165, 1.54) is 0 Å². The van der Waals surface area contributed by atoms with Gasteiger partial charge in [0.1, 0.15) is 0 Å². The van der Waals surface area contributed by atoms with E-state index in [2.05, 4.69) is 46.0 Å². The first-order chi connectivity index (χ1) is 9.54. The molecule has 1 atom stereocenters. The van der Waals surface area contributed by atoms with Crippen molar-refractivity contribution in [1.29, 1.82) is 0 Å². The van der Waals surface area contributed by atoms with Gasteiger partial charge in [0.05, 0.1) is 28.0 Å². The monoisotopic (exact) mass is 423 g/mol. The summed E-state index contributed by atoms with van der Waals surface area (Å²) in [5.41, 5.74) is 2.05. The van der Waals surface area contributed by atoms with E-state index in [4.69, 9.17) is 23.2 Å². The van der Waals surface area contributed by atoms with Crippen molar-refractivity contribution in [3.05, 3.63) is 49.3 Å². The summed E-state index contributed by atoms with van der Waals surface area (Å²) in [6.07, 6.45) is 2.72. The second-order valence-electron chi connectivity index (χ2n) is 4.56. The molecule has 0 aliphatic rings. The first kappa shape index (κ1) is 16.1. The predicted molar refractivity (Wildman–Crippen MR) is 92.5 cm³/mol. The fourth-order valence-electron chi connectivity index (χ4n) is 2.10. The molecule has 3 nitrogen and oxygen atoms in total. The first-order valence-electron chi connectivity index (χ1n) is 6.40. The van der Waals surface area contributed by atoms with E-state index in [-0.39, 0.29) is 6.04 Å². The molecule has 0 aliphatic heterocycles. The summed E-state index contributed by atoms with van der Waals surface area (Å²) in [7, 11) is 1.90. The van der Waals surface area contributed by atoms with Gasteiger partial charge in [-0.15, -0.1) is 0 Å². The zero-order chi connectivity index (χ0) is 14.7. The fourth-order valence-corrected chi connectivity index (χ4v) is 2.90. The van der Waals surface area contributed by atoms with Crippen LogP contribution in [0, 0.1) is 3.57 Å². The quantitative estimate of drug-likeness (QED) is 0.721. The largest absolute Gasteiger partial charge is 0.305 e. The number of aromatic nitrogens is 2. The fraction of sp³-hybridized carbons (Fsp3) is 0.357. The normalized spacial score (nSPS) is 12.7. The zero-order valence-corrected chi connectivity index (χ0v) is 15.0. The van der Waals surface area contributed by atoms with Gasteiger partial charge in [-0.1, -0.05) is 36.2 Å². The van der Waals surface area contributed by atoms with Crippen LogP contribution in [0.2, 0.25) is 10.0 Å². The van der Waals surface area contributed by atoms with Gasteiger partial charge in [0, 0.05) is 10.6 Å². The molecule has 0 amide bonds. The van der Waals surface area contributed by atoms with Crippen molar-refractivity contribution in [3.63, 3.8) is 0 Å². The van der Waals surface area contributed by atoms with Gasteiger partial charge >= 0.3 is 0 Å². The van der Waals surface area contributed by atoms with Crippen LogP contribution in [0.1, 0.15) is 30.6 Å². The number of benzene rings is 1. The van der Waals surface area contributed by atoms with E-state index in [1.54, 1.807) is 6.20 Å². The third-order valence-electron chi connectivity index (χ3n) is 3.09. The highest BCUT2D eigenvalue weighted by Crippen LogP contribution is 2.30. The number of hydrogen-bond acceptors (Lipinski definition) is 2. The molecule has 0 saturated carbocycles. The summed E-state index contributed by atoms with van der Waals surface area (Å²) in [6, 6.07) is 6.07. The van der Waals surface area contributed by atoms with Crippen LogP contribution in [0.15, 0.2) is 24.4 Å². The van der Waals surface area contributed by atoms with Crippen molar-refractivity contribution < 1.29 is 0 Å². The maximum absolute atomic E-state index is 6.28. The summed E-state index contributed by atoms with van der Waals surface area (Å²) in [6.45, 7) is 3.03. The van der Waals surface area contributed by atoms with Gasteiger partial charge in [-0.2, -0.15) is 5.10 Å². The average molecular weight is 424 g/mol. The maximum Gasteiger partial charge on any atom is 0.0837 e. The Morgan fingerprint density at radius 1 is 1.35 bits per heavy atom. The van der Waals surface area contributed by atoms with Crippen LogP contribution in [0.5, 0.6) is 0 Å². The Labute approximate surface area is 142 Å². The lowest BCUT2D eigenvalue weighted by Crippen LogP contribution is -2.25. The number of nitrogens with zero attached hydrogens (tertiary/aromatic N) is 2. The summed E-state index contributed by atoms with van der Waals surface area (Å²) in [5.74, 6) is 0. The molecule has 6 heteroatoms. The molecule has 0 saturated heterocycles. The van der Waals surface area contributed by atoms with Crippen LogP contribution in [-0.2, 0) is 7.05 Å². The predicted octanol–water partition coefficient (Wildman–Crippen LogP) is 4.42. The number of nitrogens with one attached hydrogen (secondary N) is 1. The molecular formula is C14H16Cl2IN3. The van der Waals surface area contributed by atoms with Crippen LogP contribution in [0.25, 0.3) is 0 Å². The van der Waals surface area contributed by atoms with Crippen LogP contribution >= 0.6 is 45.8 Å². The van der Waals surface area contributed by atoms with Crippen molar-refractivity contribution in [1.82, 2.24) is 15.1 Å². The van der Waals surface area contributed by atoms with Crippen molar-refractivity contribution >= 4 is 45.8 Å². The standard InChI is InChI=1S/C14H16Cl2IN3/c1-3-6-18-13(14-11(16)8-19-20(14)2)9-4-5-12(17)10(15)7-9/h4-5,7-8,13,18H,3,6H2,1-2H3. The van der Waals surface area contributed by atoms with Crippen molar-refractivity contribution in [2.45, 2.75) is 19.4 Å². The molecular weight excluding hydrogens is 408 g/mol. The van der Waals surface area contributed by atoms with Crippen molar-refractivity contribution in [2.24, 2.45) is 7.05 Å². The van der Waals surface area contributed by atoms with E-state index in [0.717, 1.165) is 32.8 Å². The van der Waals surface area contributed by atoms with Gasteiger partial charge in [-0.3, -0.25) is 4.68 Å². The molecule has 2 aromatic rings. The third-order valence-corrected chi connectivity index (χ3v) is 4.95. The molecule has 1 aromatic heterocycles. The minimum atomic E-state index is -0.00977. The molecule has 2 rings (SSSR count). The lowest BCUT2D eigenvalue weighted by Gasteiger charge is -2.20. The van der Waals surface area contributed by atoms with E-state index in [1.807, 2.05) is 23.9 Å². The Balaban J connectivity index is 2.44. The average Bonchev–Trinajstić information content (AvgIpc) is 2.75. The summed E-state index contributed by atoms with van der Waals surface area (Å²) in [5, 5.41) is 9.15. The van der Waals surface area contributed by atoms with Crippen LogP contribution in [0.3, 0.4) is 0 Å². The first-order valence-corrected chi connectivity index (χ1v) is 8.23. The molecule has 1 N–H and O–H groups in total. The topological polar surface area (TPSA) is 29.9 Å². The molecule has 0 fully saturated rings. The number of halogens is 3. The summed E-state index contributed by atoms with van der Waals surface area (Å²) < 4.78 is 2.85. The number of aryl methyl sites for hydroxylation is 1. The molecule has 0 radical (unpaired) electrons. The lowest BCUT2D eigenvalue weighted by molar-refractivity contribution is 0.554. The third kappa shape index (κ3) is 3.47. The second-order valence-corrected chi connectivity index (χ2v) is 6.54. The minimum Gasteiger partial charge on any atom is -0.305 e. The number of hydrogen-bond donors (Lipinski definition) is 1. The van der Waals surface area contributed by atoms with Crippen LogP contribution in [0.4, 0.5) is 0 Å². The summed E-state index contributed by atoms with van der Waals surface area (Å²) in [4.78, 5) is 0. The van der Waals surface area contributed by atoms with E-state index >= 15 is 0 Å². The SMILES string of the molecule is CCCNC(c1ccc(I)c(Cl)c1)c1c(Cl)cnn1C. The van der Waals surface area contributed by atoms with Gasteiger partial charge in [0.2, 0.25) is 0 Å². The minimum absolute atomic E-state index is 0.00977. The highest BCUT2D eigenvalue weighted by atomic mass is 127. The Morgan fingerprint density at radius 2 is 2.10 bits per heavy atom. The van der Waals surface area contributed by atoms with E-state index in [9.17, 15) is 0 Å². The molecule has 0 bridgehead atoms. The lowest BCUT2D eigenvalue weighted by atomic mass is 10.0. The van der Waals surface area contributed by atoms with E-state index in [0.29, 0.717) is 5.02 Å². The van der Waals surface area contributed by atoms with Crippen molar-refractivity contribution in [2.75, 3.05) is 6.54 Å². The molecule has 0 aliphatic carbocycles. The number of rotatable bonds is 5. The van der Waals surface area contributed by atoms with Gasteiger partial charge in [0.25, 0.3) is 0 Å². The van der Waals surface area contributed by atoms with E-state index < -0.39 is 0 Å². The van der Waals surface area contributed by atoms with Gasteiger partial charge in [-0.25, -0.2) is 0 Å². The van der Waals surface area contributed by atoms with Crippen molar-refractivity contribution in [3.8, 4) is 0 Å². The van der Waals surface area contributed by atoms with Gasteiger partial charge in [-0.05, 0) is 53.3 Å².